The van der Waals surface area contributed by atoms with Gasteiger partial charge in [0.25, 0.3) is 0 Å². The van der Waals surface area contributed by atoms with Gasteiger partial charge < -0.3 is 10.2 Å². The number of piperidine rings is 1. The predicted molar refractivity (Wildman–Crippen MR) is 98.1 cm³/mol. The number of H-pyrrole nitrogens is 1. The minimum absolute atomic E-state index is 0.0512. The summed E-state index contributed by atoms with van der Waals surface area (Å²) in [5, 5.41) is 9.55. The number of rotatable bonds is 4. The molecule has 0 saturated carbocycles. The van der Waals surface area contributed by atoms with Crippen LogP contribution in [0.1, 0.15) is 36.6 Å². The molecule has 2 aromatic rings. The van der Waals surface area contributed by atoms with Crippen molar-refractivity contribution < 1.29 is 9.59 Å². The van der Waals surface area contributed by atoms with Crippen molar-refractivity contribution in [2.75, 3.05) is 19.6 Å². The average Bonchev–Trinajstić information content (AvgIpc) is 3.29. The molecular weight excluding hydrogens is 346 g/mol. The van der Waals surface area contributed by atoms with Gasteiger partial charge in [0.05, 0.1) is 12.5 Å². The highest BCUT2D eigenvalue weighted by atomic mass is 16.2. The van der Waals surface area contributed by atoms with Crippen molar-refractivity contribution in [3.8, 4) is 0 Å². The van der Waals surface area contributed by atoms with Gasteiger partial charge in [0.15, 0.2) is 0 Å². The highest BCUT2D eigenvalue weighted by Crippen LogP contribution is 2.27. The summed E-state index contributed by atoms with van der Waals surface area (Å²) in [5.74, 6) is 0.657. The van der Waals surface area contributed by atoms with E-state index in [0.717, 1.165) is 24.2 Å². The summed E-state index contributed by atoms with van der Waals surface area (Å²) in [6, 6.07) is 9.82. The Hall–Kier alpha value is -2.90. The quantitative estimate of drug-likeness (QED) is 0.818. The van der Waals surface area contributed by atoms with Crippen LogP contribution >= 0.6 is 0 Å². The molecule has 3 heterocycles. The first-order valence-corrected chi connectivity index (χ1v) is 9.36. The molecule has 2 saturated heterocycles. The van der Waals surface area contributed by atoms with Gasteiger partial charge in [-0.05, 0) is 18.4 Å². The summed E-state index contributed by atoms with van der Waals surface area (Å²) in [5.41, 5.74) is 0.844. The third kappa shape index (κ3) is 3.65. The summed E-state index contributed by atoms with van der Waals surface area (Å²) >= 11 is 0. The lowest BCUT2D eigenvalue weighted by atomic mass is 9.94. The Morgan fingerprint density at radius 2 is 1.89 bits per heavy atom. The standard InChI is InChI=1S/C19H23N5O3/c25-16-10-15(11-20-16)18(26)23-8-6-14(7-9-23)17-21-22-19(27)24(17)12-13-4-2-1-3-5-13/h1-5,14-15H,6-12H2,(H,20,25)(H,22,27)/t15-/m1/s1. The molecule has 27 heavy (non-hydrogen) atoms. The van der Waals surface area contributed by atoms with Gasteiger partial charge in [0.2, 0.25) is 11.8 Å². The molecule has 2 N–H and O–H groups in total. The highest BCUT2D eigenvalue weighted by molar-refractivity contribution is 5.89. The molecule has 2 aliphatic rings. The molecule has 2 amide bonds. The van der Waals surface area contributed by atoms with Crippen LogP contribution in [0, 0.1) is 5.92 Å². The molecule has 0 unspecified atom stereocenters. The summed E-state index contributed by atoms with van der Waals surface area (Å²) in [4.78, 5) is 37.9. The maximum absolute atomic E-state index is 12.6. The Morgan fingerprint density at radius 3 is 2.56 bits per heavy atom. The summed E-state index contributed by atoms with van der Waals surface area (Å²) in [6.07, 6.45) is 1.81. The molecular formula is C19H23N5O3. The van der Waals surface area contributed by atoms with E-state index < -0.39 is 0 Å². The Balaban J connectivity index is 1.42. The van der Waals surface area contributed by atoms with Crippen LogP contribution in [0.15, 0.2) is 35.1 Å². The second kappa shape index (κ2) is 7.38. The molecule has 2 aliphatic heterocycles. The molecule has 0 radical (unpaired) electrons. The normalized spacial score (nSPS) is 20.7. The van der Waals surface area contributed by atoms with Crippen LogP contribution in [0.3, 0.4) is 0 Å². The smallest absolute Gasteiger partial charge is 0.343 e. The lowest BCUT2D eigenvalue weighted by Crippen LogP contribution is -2.42. The molecule has 0 aliphatic carbocycles. The minimum atomic E-state index is -0.240. The summed E-state index contributed by atoms with van der Waals surface area (Å²) in [6.45, 7) is 2.18. The van der Waals surface area contributed by atoms with Gasteiger partial charge >= 0.3 is 5.69 Å². The molecule has 1 atom stereocenters. The number of hydrogen-bond donors (Lipinski definition) is 2. The van der Waals surface area contributed by atoms with Crippen LogP contribution in [-0.2, 0) is 16.1 Å². The zero-order valence-corrected chi connectivity index (χ0v) is 15.1. The fourth-order valence-corrected chi connectivity index (χ4v) is 3.96. The number of carbonyl (C=O) groups excluding carboxylic acids is 2. The van der Waals surface area contributed by atoms with Crippen LogP contribution in [0.2, 0.25) is 0 Å². The third-order valence-corrected chi connectivity index (χ3v) is 5.47. The maximum Gasteiger partial charge on any atom is 0.343 e. The van der Waals surface area contributed by atoms with Crippen molar-refractivity contribution in [1.82, 2.24) is 25.0 Å². The number of nitrogens with zero attached hydrogens (tertiary/aromatic N) is 3. The SMILES string of the molecule is O=C1C[C@@H](C(=O)N2CCC(c3n[nH]c(=O)n3Cc3ccccc3)CC2)CN1. The van der Waals surface area contributed by atoms with Gasteiger partial charge in [-0.15, -0.1) is 0 Å². The molecule has 1 aromatic carbocycles. The largest absolute Gasteiger partial charge is 0.355 e. The zero-order chi connectivity index (χ0) is 18.8. The van der Waals surface area contributed by atoms with E-state index in [4.69, 9.17) is 0 Å². The van der Waals surface area contributed by atoms with E-state index in [0.29, 0.717) is 26.2 Å². The number of aromatic nitrogens is 3. The van der Waals surface area contributed by atoms with Crippen molar-refractivity contribution in [1.29, 1.82) is 0 Å². The summed E-state index contributed by atoms with van der Waals surface area (Å²) in [7, 11) is 0. The second-order valence-electron chi connectivity index (χ2n) is 7.26. The van der Waals surface area contributed by atoms with Crippen molar-refractivity contribution in [3.05, 3.63) is 52.2 Å². The van der Waals surface area contributed by atoms with Gasteiger partial charge in [-0.1, -0.05) is 30.3 Å². The first kappa shape index (κ1) is 17.5. The van der Waals surface area contributed by atoms with E-state index in [1.54, 1.807) is 4.57 Å². The number of carbonyl (C=O) groups is 2. The number of benzene rings is 1. The van der Waals surface area contributed by atoms with Gasteiger partial charge in [0, 0.05) is 32.0 Å². The monoisotopic (exact) mass is 369 g/mol. The van der Waals surface area contributed by atoms with Crippen molar-refractivity contribution >= 4 is 11.8 Å². The van der Waals surface area contributed by atoms with Gasteiger partial charge in [-0.2, -0.15) is 5.10 Å². The molecule has 142 valence electrons. The van der Waals surface area contributed by atoms with E-state index in [-0.39, 0.29) is 35.8 Å². The van der Waals surface area contributed by atoms with Crippen LogP contribution in [-0.4, -0.2) is 51.1 Å². The van der Waals surface area contributed by atoms with Crippen LogP contribution in [0.25, 0.3) is 0 Å². The summed E-state index contributed by atoms with van der Waals surface area (Å²) < 4.78 is 1.69. The predicted octanol–water partition coefficient (Wildman–Crippen LogP) is 0.462. The maximum atomic E-state index is 12.6. The fourth-order valence-electron chi connectivity index (χ4n) is 3.96. The van der Waals surface area contributed by atoms with Crippen molar-refractivity contribution in [2.24, 2.45) is 5.92 Å². The van der Waals surface area contributed by atoms with E-state index in [2.05, 4.69) is 15.5 Å². The van der Waals surface area contributed by atoms with Crippen molar-refractivity contribution in [2.45, 2.75) is 31.7 Å². The molecule has 8 nitrogen and oxygen atoms in total. The fraction of sp³-hybridized carbons (Fsp3) is 0.474. The van der Waals surface area contributed by atoms with E-state index >= 15 is 0 Å². The number of hydrogen-bond acceptors (Lipinski definition) is 4. The van der Waals surface area contributed by atoms with Gasteiger partial charge in [0.1, 0.15) is 5.82 Å². The van der Waals surface area contributed by atoms with E-state index in [1.807, 2.05) is 35.2 Å². The molecule has 2 fully saturated rings. The molecule has 8 heteroatoms. The number of likely N-dealkylation sites (tertiary alicyclic amines) is 1. The molecule has 0 bridgehead atoms. The lowest BCUT2D eigenvalue weighted by molar-refractivity contribution is -0.136. The van der Waals surface area contributed by atoms with Crippen LogP contribution in [0.4, 0.5) is 0 Å². The van der Waals surface area contributed by atoms with Gasteiger partial charge in [-0.3, -0.25) is 14.2 Å². The first-order valence-electron chi connectivity index (χ1n) is 9.36. The molecule has 1 aromatic heterocycles. The molecule has 0 spiro atoms. The highest BCUT2D eigenvalue weighted by Gasteiger charge is 2.34. The topological polar surface area (TPSA) is 100 Å². The second-order valence-corrected chi connectivity index (χ2v) is 7.26. The number of nitrogens with one attached hydrogen (secondary N) is 2. The zero-order valence-electron chi connectivity index (χ0n) is 15.1. The average molecular weight is 369 g/mol. The number of aromatic amines is 1. The Morgan fingerprint density at radius 1 is 1.15 bits per heavy atom. The lowest BCUT2D eigenvalue weighted by Gasteiger charge is -2.33. The van der Waals surface area contributed by atoms with E-state index in [1.165, 1.54) is 0 Å². The molecule has 4 rings (SSSR count). The Bertz CT molecular complexity index is 880. The van der Waals surface area contributed by atoms with E-state index in [9.17, 15) is 14.4 Å². The minimum Gasteiger partial charge on any atom is -0.355 e. The Kier molecular flexibility index (Phi) is 4.79. The van der Waals surface area contributed by atoms with Crippen LogP contribution in [0.5, 0.6) is 0 Å². The first-order chi connectivity index (χ1) is 13.1. The third-order valence-electron chi connectivity index (χ3n) is 5.47. The van der Waals surface area contributed by atoms with Crippen molar-refractivity contribution in [3.63, 3.8) is 0 Å². The number of amides is 2. The van der Waals surface area contributed by atoms with Gasteiger partial charge in [-0.25, -0.2) is 9.89 Å². The Labute approximate surface area is 156 Å². The van der Waals surface area contributed by atoms with Crippen LogP contribution < -0.4 is 11.0 Å².